The van der Waals surface area contributed by atoms with Crippen molar-refractivity contribution in [2.75, 3.05) is 0 Å². The van der Waals surface area contributed by atoms with Crippen LogP contribution in [0.4, 0.5) is 0 Å². The quantitative estimate of drug-likeness (QED) is 0.847. The van der Waals surface area contributed by atoms with Gasteiger partial charge in [-0.3, -0.25) is 0 Å². The highest BCUT2D eigenvalue weighted by Gasteiger charge is 2.28. The molecular weight excluding hydrogens is 266 g/mol. The van der Waals surface area contributed by atoms with Crippen LogP contribution in [0.1, 0.15) is 48.9 Å². The number of hydrogen-bond donors (Lipinski definition) is 1. The van der Waals surface area contributed by atoms with Crippen LogP contribution in [0, 0.1) is 0 Å². The Hall–Kier alpha value is -1.88. The summed E-state index contributed by atoms with van der Waals surface area (Å²) in [6.07, 6.45) is 4.96. The average molecular weight is 285 g/mol. The minimum atomic E-state index is 0.333. The van der Waals surface area contributed by atoms with Crippen LogP contribution in [0.5, 0.6) is 5.75 Å². The van der Waals surface area contributed by atoms with Gasteiger partial charge in [0.1, 0.15) is 5.75 Å². The molecule has 2 aliphatic rings. The van der Waals surface area contributed by atoms with E-state index in [9.17, 15) is 0 Å². The Balaban J connectivity index is 1.33. The van der Waals surface area contributed by atoms with Crippen molar-refractivity contribution in [3.63, 3.8) is 0 Å². The maximum Gasteiger partial charge on any atom is 0.264 e. The molecule has 1 N–H and O–H groups in total. The van der Waals surface area contributed by atoms with E-state index in [0.717, 1.165) is 18.1 Å². The molecule has 2 fully saturated rings. The molecule has 0 radical (unpaired) electrons. The molecule has 4 rings (SSSR count). The van der Waals surface area contributed by atoms with Gasteiger partial charge in [-0.2, -0.15) is 4.98 Å². The first-order valence-corrected chi connectivity index (χ1v) is 7.64. The molecule has 5 heteroatoms. The SMILES string of the molecule is c1cc(CNC2CC2)cc(OCc2nc(C3CC3)no2)c1. The predicted octanol–water partition coefficient (Wildman–Crippen LogP) is 2.78. The molecule has 0 aliphatic heterocycles. The zero-order chi connectivity index (χ0) is 14.1. The average Bonchev–Trinajstić information content (AvgIpc) is 3.43. The second kappa shape index (κ2) is 5.48. The van der Waals surface area contributed by atoms with E-state index in [0.29, 0.717) is 24.5 Å². The molecule has 0 unspecified atom stereocenters. The Bertz CT molecular complexity index is 617. The molecule has 21 heavy (non-hydrogen) atoms. The van der Waals surface area contributed by atoms with E-state index < -0.39 is 0 Å². The van der Waals surface area contributed by atoms with E-state index in [1.54, 1.807) is 0 Å². The molecular formula is C16H19N3O2. The summed E-state index contributed by atoms with van der Waals surface area (Å²) in [7, 11) is 0. The number of benzene rings is 1. The largest absolute Gasteiger partial charge is 0.484 e. The molecule has 1 aromatic carbocycles. The topological polar surface area (TPSA) is 60.2 Å². The molecule has 5 nitrogen and oxygen atoms in total. The van der Waals surface area contributed by atoms with Gasteiger partial charge in [-0.15, -0.1) is 0 Å². The van der Waals surface area contributed by atoms with Crippen LogP contribution in [-0.2, 0) is 13.2 Å². The molecule has 0 spiro atoms. The van der Waals surface area contributed by atoms with Crippen LogP contribution < -0.4 is 10.1 Å². The minimum Gasteiger partial charge on any atom is -0.484 e. The van der Waals surface area contributed by atoms with Crippen LogP contribution in [0.3, 0.4) is 0 Å². The number of aromatic nitrogens is 2. The van der Waals surface area contributed by atoms with E-state index in [4.69, 9.17) is 9.26 Å². The van der Waals surface area contributed by atoms with Crippen LogP contribution in [0.15, 0.2) is 28.8 Å². The fraction of sp³-hybridized carbons (Fsp3) is 0.500. The van der Waals surface area contributed by atoms with Gasteiger partial charge in [0.2, 0.25) is 0 Å². The molecule has 0 amide bonds. The molecule has 1 heterocycles. The third-order valence-electron chi connectivity index (χ3n) is 3.86. The first-order chi connectivity index (χ1) is 10.4. The molecule has 0 saturated heterocycles. The van der Waals surface area contributed by atoms with Gasteiger partial charge in [0.05, 0.1) is 0 Å². The predicted molar refractivity (Wildman–Crippen MR) is 76.9 cm³/mol. The normalized spacial score (nSPS) is 17.9. The Morgan fingerprint density at radius 2 is 2.14 bits per heavy atom. The third-order valence-corrected chi connectivity index (χ3v) is 3.86. The fourth-order valence-corrected chi connectivity index (χ4v) is 2.27. The van der Waals surface area contributed by atoms with E-state index in [2.05, 4.69) is 27.6 Å². The number of nitrogens with one attached hydrogen (secondary N) is 1. The van der Waals surface area contributed by atoms with Crippen LogP contribution in [0.25, 0.3) is 0 Å². The molecule has 1 aromatic heterocycles. The van der Waals surface area contributed by atoms with Gasteiger partial charge in [-0.25, -0.2) is 0 Å². The van der Waals surface area contributed by atoms with Crippen molar-refractivity contribution in [1.29, 1.82) is 0 Å². The van der Waals surface area contributed by atoms with Crippen LogP contribution >= 0.6 is 0 Å². The minimum absolute atomic E-state index is 0.333. The van der Waals surface area contributed by atoms with Crippen LogP contribution in [0.2, 0.25) is 0 Å². The monoisotopic (exact) mass is 285 g/mol. The molecule has 2 aliphatic carbocycles. The summed E-state index contributed by atoms with van der Waals surface area (Å²) in [5.74, 6) is 2.74. The third kappa shape index (κ3) is 3.42. The first-order valence-electron chi connectivity index (χ1n) is 7.64. The van der Waals surface area contributed by atoms with Crippen molar-refractivity contribution < 1.29 is 9.26 Å². The highest BCUT2D eigenvalue weighted by Crippen LogP contribution is 2.38. The summed E-state index contributed by atoms with van der Waals surface area (Å²) in [6.45, 7) is 1.23. The van der Waals surface area contributed by atoms with Gasteiger partial charge in [0, 0.05) is 18.5 Å². The standard InChI is InChI=1S/C16H19N3O2/c1-2-11(9-17-13-6-7-13)8-14(3-1)20-10-15-18-16(19-21-15)12-4-5-12/h1-3,8,12-13,17H,4-7,9-10H2. The Labute approximate surface area is 123 Å². The van der Waals surface area contributed by atoms with E-state index >= 15 is 0 Å². The van der Waals surface area contributed by atoms with Gasteiger partial charge in [-0.05, 0) is 43.4 Å². The number of rotatable bonds is 7. The molecule has 0 bridgehead atoms. The molecule has 2 aromatic rings. The Morgan fingerprint density at radius 3 is 2.95 bits per heavy atom. The molecule has 110 valence electrons. The van der Waals surface area contributed by atoms with Crippen molar-refractivity contribution in [3.8, 4) is 5.75 Å². The smallest absolute Gasteiger partial charge is 0.264 e. The van der Waals surface area contributed by atoms with Gasteiger partial charge in [-0.1, -0.05) is 17.3 Å². The molecule has 2 saturated carbocycles. The van der Waals surface area contributed by atoms with Crippen LogP contribution in [-0.4, -0.2) is 16.2 Å². The lowest BCUT2D eigenvalue weighted by Crippen LogP contribution is -2.15. The van der Waals surface area contributed by atoms with Gasteiger partial charge < -0.3 is 14.6 Å². The van der Waals surface area contributed by atoms with Crippen molar-refractivity contribution in [1.82, 2.24) is 15.5 Å². The van der Waals surface area contributed by atoms with Gasteiger partial charge in [0.25, 0.3) is 5.89 Å². The second-order valence-electron chi connectivity index (χ2n) is 5.91. The van der Waals surface area contributed by atoms with E-state index in [1.807, 2.05) is 12.1 Å². The molecule has 0 atom stereocenters. The fourth-order valence-electron chi connectivity index (χ4n) is 2.27. The van der Waals surface area contributed by atoms with Gasteiger partial charge in [0.15, 0.2) is 12.4 Å². The zero-order valence-electron chi connectivity index (χ0n) is 11.9. The van der Waals surface area contributed by atoms with Crippen molar-refractivity contribution in [3.05, 3.63) is 41.5 Å². The summed E-state index contributed by atoms with van der Waals surface area (Å²) < 4.78 is 11.0. The summed E-state index contributed by atoms with van der Waals surface area (Å²) in [4.78, 5) is 4.36. The second-order valence-corrected chi connectivity index (χ2v) is 5.91. The summed E-state index contributed by atoms with van der Waals surface area (Å²) in [5, 5.41) is 7.49. The highest BCUT2D eigenvalue weighted by molar-refractivity contribution is 5.28. The lowest BCUT2D eigenvalue weighted by molar-refractivity contribution is 0.242. The number of nitrogens with zero attached hydrogens (tertiary/aromatic N) is 2. The summed E-state index contributed by atoms with van der Waals surface area (Å²) >= 11 is 0. The lowest BCUT2D eigenvalue weighted by atomic mass is 10.2. The highest BCUT2D eigenvalue weighted by atomic mass is 16.5. The number of ether oxygens (including phenoxy) is 1. The van der Waals surface area contributed by atoms with E-state index in [-0.39, 0.29) is 0 Å². The van der Waals surface area contributed by atoms with Crippen molar-refractivity contribution in [2.45, 2.75) is 50.8 Å². The number of hydrogen-bond acceptors (Lipinski definition) is 5. The first kappa shape index (κ1) is 12.8. The summed E-state index contributed by atoms with van der Waals surface area (Å²) in [5.41, 5.74) is 1.24. The Morgan fingerprint density at radius 1 is 1.24 bits per heavy atom. The summed E-state index contributed by atoms with van der Waals surface area (Å²) in [6, 6.07) is 8.86. The maximum absolute atomic E-state index is 5.74. The maximum atomic E-state index is 5.74. The van der Waals surface area contributed by atoms with E-state index in [1.165, 1.54) is 31.2 Å². The lowest BCUT2D eigenvalue weighted by Gasteiger charge is -2.07. The van der Waals surface area contributed by atoms with Crippen molar-refractivity contribution >= 4 is 0 Å². The van der Waals surface area contributed by atoms with Crippen molar-refractivity contribution in [2.24, 2.45) is 0 Å². The van der Waals surface area contributed by atoms with Gasteiger partial charge >= 0.3 is 0 Å². The Kier molecular flexibility index (Phi) is 3.35. The zero-order valence-corrected chi connectivity index (χ0v) is 11.9.